The molecule has 0 radical (unpaired) electrons. The molecule has 3 heterocycles. The van der Waals surface area contributed by atoms with E-state index in [0.717, 1.165) is 31.7 Å². The van der Waals surface area contributed by atoms with Crippen molar-refractivity contribution in [3.8, 4) is 0 Å². The zero-order valence-electron chi connectivity index (χ0n) is 9.77. The Morgan fingerprint density at radius 2 is 1.94 bits per heavy atom. The number of carbonyl (C=O) groups is 1. The molecule has 2 fully saturated rings. The molecule has 0 saturated carbocycles. The molecule has 0 N–H and O–H groups in total. The van der Waals surface area contributed by atoms with Gasteiger partial charge in [0, 0.05) is 44.5 Å². The Kier molecular flexibility index (Phi) is 3.08. The number of rotatable bonds is 1. The Bertz CT molecular complexity index is 474. The van der Waals surface area contributed by atoms with Gasteiger partial charge in [-0.05, 0) is 6.42 Å². The molecule has 2 aliphatic heterocycles. The number of amides is 1. The maximum atomic E-state index is 11.6. The molecule has 0 aliphatic carbocycles. The first-order valence-electron chi connectivity index (χ1n) is 6.00. The second kappa shape index (κ2) is 4.59. The number of hydrogen-bond donors (Lipinski definition) is 0. The smallest absolute Gasteiger partial charge is 0.223 e. The summed E-state index contributed by atoms with van der Waals surface area (Å²) in [6, 6.07) is 0.298. The van der Waals surface area contributed by atoms with Gasteiger partial charge in [0.25, 0.3) is 0 Å². The maximum Gasteiger partial charge on any atom is 0.223 e. The zero-order valence-corrected chi connectivity index (χ0v) is 11.3. The molecule has 1 amide bonds. The summed E-state index contributed by atoms with van der Waals surface area (Å²) < 4.78 is 0. The zero-order chi connectivity index (χ0) is 12.7. The lowest BCUT2D eigenvalue weighted by atomic mass is 10.1. The van der Waals surface area contributed by atoms with Crippen LogP contribution in [0.15, 0.2) is 12.4 Å². The van der Waals surface area contributed by atoms with Crippen molar-refractivity contribution in [3.63, 3.8) is 0 Å². The number of anilines is 1. The molecule has 4 nitrogen and oxygen atoms in total. The molecule has 1 atom stereocenters. The molecule has 1 aromatic heterocycles. The fourth-order valence-corrected chi connectivity index (χ4v) is 3.38. The number of nitrogens with zero attached hydrogens (tertiary/aromatic N) is 3. The summed E-state index contributed by atoms with van der Waals surface area (Å²) in [5, 5.41) is 1.14. The van der Waals surface area contributed by atoms with E-state index in [-0.39, 0.29) is 5.91 Å². The number of aromatic nitrogens is 1. The number of pyridine rings is 1. The van der Waals surface area contributed by atoms with Crippen LogP contribution in [0.5, 0.6) is 0 Å². The fraction of sp³-hybridized carbons (Fsp3) is 0.500. The molecule has 3 rings (SSSR count). The van der Waals surface area contributed by atoms with Crippen molar-refractivity contribution < 1.29 is 4.79 Å². The highest BCUT2D eigenvalue weighted by Crippen LogP contribution is 2.35. The van der Waals surface area contributed by atoms with Gasteiger partial charge in [0.2, 0.25) is 5.91 Å². The first-order valence-corrected chi connectivity index (χ1v) is 6.76. The van der Waals surface area contributed by atoms with E-state index in [4.69, 9.17) is 23.2 Å². The van der Waals surface area contributed by atoms with Gasteiger partial charge in [0.1, 0.15) is 0 Å². The van der Waals surface area contributed by atoms with Crippen LogP contribution in [0.4, 0.5) is 5.69 Å². The van der Waals surface area contributed by atoms with Crippen LogP contribution in [0.1, 0.15) is 12.8 Å². The van der Waals surface area contributed by atoms with Gasteiger partial charge in [-0.15, -0.1) is 0 Å². The number of fused-ring (bicyclic) bond motifs is 1. The quantitative estimate of drug-likeness (QED) is 0.794. The molecular weight excluding hydrogens is 273 g/mol. The van der Waals surface area contributed by atoms with Crippen LogP contribution in [0.25, 0.3) is 0 Å². The van der Waals surface area contributed by atoms with Crippen LogP contribution in [0.2, 0.25) is 10.0 Å². The Hall–Kier alpha value is -1.00. The van der Waals surface area contributed by atoms with Crippen molar-refractivity contribution >= 4 is 34.8 Å². The van der Waals surface area contributed by atoms with Gasteiger partial charge in [0.05, 0.1) is 15.7 Å². The van der Waals surface area contributed by atoms with E-state index in [9.17, 15) is 4.79 Å². The molecule has 18 heavy (non-hydrogen) atoms. The molecule has 0 spiro atoms. The first kappa shape index (κ1) is 12.1. The lowest BCUT2D eigenvalue weighted by molar-refractivity contribution is -0.129. The van der Waals surface area contributed by atoms with Gasteiger partial charge in [-0.25, -0.2) is 0 Å². The Morgan fingerprint density at radius 3 is 2.67 bits per heavy atom. The van der Waals surface area contributed by atoms with E-state index >= 15 is 0 Å². The van der Waals surface area contributed by atoms with Crippen LogP contribution in [0, 0.1) is 0 Å². The van der Waals surface area contributed by atoms with Crippen molar-refractivity contribution in [1.82, 2.24) is 9.88 Å². The van der Waals surface area contributed by atoms with Gasteiger partial charge in [0.15, 0.2) is 0 Å². The van der Waals surface area contributed by atoms with E-state index < -0.39 is 0 Å². The molecule has 1 aromatic rings. The van der Waals surface area contributed by atoms with Crippen molar-refractivity contribution in [2.75, 3.05) is 24.5 Å². The average Bonchev–Trinajstić information content (AvgIpc) is 2.71. The number of carbonyl (C=O) groups excluding carboxylic acids is 1. The highest BCUT2D eigenvalue weighted by Gasteiger charge is 2.36. The van der Waals surface area contributed by atoms with Gasteiger partial charge in [-0.1, -0.05) is 23.2 Å². The Labute approximate surface area is 115 Å². The molecule has 6 heteroatoms. The third-order valence-corrected chi connectivity index (χ3v) is 4.19. The van der Waals surface area contributed by atoms with Gasteiger partial charge >= 0.3 is 0 Å². The minimum absolute atomic E-state index is 0.270. The summed E-state index contributed by atoms with van der Waals surface area (Å²) in [4.78, 5) is 19.7. The van der Waals surface area contributed by atoms with Crippen LogP contribution < -0.4 is 4.90 Å². The summed E-state index contributed by atoms with van der Waals surface area (Å²) in [6.45, 7) is 2.32. The summed E-state index contributed by atoms with van der Waals surface area (Å²) in [5.41, 5.74) is 0.840. The van der Waals surface area contributed by atoms with Crippen molar-refractivity contribution in [1.29, 1.82) is 0 Å². The molecule has 1 unspecified atom stereocenters. The van der Waals surface area contributed by atoms with Gasteiger partial charge < -0.3 is 9.80 Å². The summed E-state index contributed by atoms with van der Waals surface area (Å²) >= 11 is 12.3. The third-order valence-electron chi connectivity index (χ3n) is 3.64. The number of halogens is 2. The Balaban J connectivity index is 1.85. The van der Waals surface area contributed by atoms with Crippen LogP contribution in [-0.4, -0.2) is 41.5 Å². The van der Waals surface area contributed by atoms with Crippen molar-refractivity contribution in [2.45, 2.75) is 18.9 Å². The van der Waals surface area contributed by atoms with E-state index in [0.29, 0.717) is 22.5 Å². The molecule has 2 saturated heterocycles. The number of piperazine rings is 1. The van der Waals surface area contributed by atoms with Crippen LogP contribution in [-0.2, 0) is 4.79 Å². The molecule has 0 aromatic carbocycles. The predicted molar refractivity (Wildman–Crippen MR) is 71.2 cm³/mol. The van der Waals surface area contributed by atoms with Crippen LogP contribution in [0.3, 0.4) is 0 Å². The lowest BCUT2D eigenvalue weighted by Crippen LogP contribution is -2.51. The highest BCUT2D eigenvalue weighted by molar-refractivity contribution is 6.38. The predicted octanol–water partition coefficient (Wildman–Crippen LogP) is 2.20. The van der Waals surface area contributed by atoms with E-state index in [1.807, 2.05) is 4.90 Å². The third kappa shape index (κ3) is 1.93. The summed E-state index contributed by atoms with van der Waals surface area (Å²) in [6.07, 6.45) is 4.80. The average molecular weight is 286 g/mol. The van der Waals surface area contributed by atoms with E-state index in [1.165, 1.54) is 0 Å². The molecular formula is C12H13Cl2N3O. The lowest BCUT2D eigenvalue weighted by Gasteiger charge is -2.39. The first-order chi connectivity index (χ1) is 8.66. The Morgan fingerprint density at radius 1 is 1.22 bits per heavy atom. The normalized spacial score (nSPS) is 23.4. The van der Waals surface area contributed by atoms with Gasteiger partial charge in [-0.2, -0.15) is 0 Å². The minimum Gasteiger partial charge on any atom is -0.365 e. The fourth-order valence-electron chi connectivity index (χ4n) is 2.77. The largest absolute Gasteiger partial charge is 0.365 e. The second-order valence-corrected chi connectivity index (χ2v) is 5.49. The summed E-state index contributed by atoms with van der Waals surface area (Å²) in [7, 11) is 0. The van der Waals surface area contributed by atoms with Crippen molar-refractivity contribution in [2.24, 2.45) is 0 Å². The number of hydrogen-bond acceptors (Lipinski definition) is 3. The van der Waals surface area contributed by atoms with E-state index in [1.54, 1.807) is 12.4 Å². The van der Waals surface area contributed by atoms with E-state index in [2.05, 4.69) is 9.88 Å². The van der Waals surface area contributed by atoms with Crippen molar-refractivity contribution in [3.05, 3.63) is 22.4 Å². The van der Waals surface area contributed by atoms with Gasteiger partial charge in [-0.3, -0.25) is 9.78 Å². The molecule has 2 aliphatic rings. The monoisotopic (exact) mass is 285 g/mol. The molecule has 0 bridgehead atoms. The minimum atomic E-state index is 0.270. The SMILES string of the molecule is O=C1CCC2CN(c3c(Cl)cncc3Cl)CCN12. The summed E-state index contributed by atoms with van der Waals surface area (Å²) in [5.74, 6) is 0.270. The molecule has 96 valence electrons. The standard InChI is InChI=1S/C12H13Cl2N3O/c13-9-5-15-6-10(14)12(9)16-3-4-17-8(7-16)1-2-11(17)18/h5-6,8H,1-4,7H2. The topological polar surface area (TPSA) is 36.4 Å². The second-order valence-electron chi connectivity index (χ2n) is 4.68. The maximum absolute atomic E-state index is 11.6. The van der Waals surface area contributed by atoms with Crippen LogP contribution >= 0.6 is 23.2 Å². The highest BCUT2D eigenvalue weighted by atomic mass is 35.5.